The smallest absolute Gasteiger partial charge is 0.248 e. The molecule has 0 saturated carbocycles. The van der Waals surface area contributed by atoms with Gasteiger partial charge in [0.25, 0.3) is 0 Å². The van der Waals surface area contributed by atoms with E-state index < -0.39 is 0 Å². The molecular formula is C21H24Cl2N2O2. The molecule has 0 aliphatic carbocycles. The van der Waals surface area contributed by atoms with Crippen molar-refractivity contribution in [3.8, 4) is 0 Å². The van der Waals surface area contributed by atoms with Crippen LogP contribution in [0.3, 0.4) is 0 Å². The molecule has 1 amide bonds. The molecule has 0 bridgehead atoms. The van der Waals surface area contributed by atoms with E-state index in [4.69, 9.17) is 27.9 Å². The van der Waals surface area contributed by atoms with Gasteiger partial charge in [-0.15, -0.1) is 11.6 Å². The summed E-state index contributed by atoms with van der Waals surface area (Å²) in [5.41, 5.74) is 2.45. The summed E-state index contributed by atoms with van der Waals surface area (Å²) in [6, 6.07) is 18.6. The number of hydrogen-bond acceptors (Lipinski definition) is 3. The Hall–Kier alpha value is -1.59. The van der Waals surface area contributed by atoms with Crippen molar-refractivity contribution < 1.29 is 9.53 Å². The van der Waals surface area contributed by atoms with Crippen LogP contribution in [-0.4, -0.2) is 61.0 Å². The van der Waals surface area contributed by atoms with Gasteiger partial charge >= 0.3 is 0 Å². The lowest BCUT2D eigenvalue weighted by Crippen LogP contribution is -2.50. The standard InChI is InChI=1S/C21H24Cl2N2O2/c22-10-15-27-16-20(26)24-11-13-25(14-12-24)21(17-4-2-1-3-5-17)18-6-8-19(23)9-7-18/h1-9,21H,10-16H2/t21-/m1/s1. The number of carbonyl (C=O) groups is 1. The lowest BCUT2D eigenvalue weighted by atomic mass is 9.96. The second-order valence-corrected chi connectivity index (χ2v) is 7.34. The minimum absolute atomic E-state index is 0.0301. The molecule has 4 nitrogen and oxygen atoms in total. The molecule has 1 fully saturated rings. The number of hydrogen-bond donors (Lipinski definition) is 0. The molecule has 0 N–H and O–H groups in total. The van der Waals surface area contributed by atoms with Gasteiger partial charge in [-0.05, 0) is 23.3 Å². The summed E-state index contributed by atoms with van der Waals surface area (Å²) >= 11 is 11.7. The Morgan fingerprint density at radius 3 is 2.22 bits per heavy atom. The van der Waals surface area contributed by atoms with Crippen molar-refractivity contribution in [2.75, 3.05) is 45.3 Å². The zero-order valence-corrected chi connectivity index (χ0v) is 16.7. The Labute approximate surface area is 170 Å². The summed E-state index contributed by atoms with van der Waals surface area (Å²) in [6.07, 6.45) is 0. The molecular weight excluding hydrogens is 383 g/mol. The molecule has 1 atom stereocenters. The quantitative estimate of drug-likeness (QED) is 0.517. The van der Waals surface area contributed by atoms with Crippen molar-refractivity contribution in [1.29, 1.82) is 0 Å². The molecule has 3 rings (SSSR count). The van der Waals surface area contributed by atoms with Crippen LogP contribution in [0.4, 0.5) is 0 Å². The first-order valence-electron chi connectivity index (χ1n) is 9.15. The van der Waals surface area contributed by atoms with Crippen LogP contribution in [0.25, 0.3) is 0 Å². The normalized spacial score (nSPS) is 16.3. The molecule has 1 heterocycles. The molecule has 0 aromatic heterocycles. The molecule has 0 radical (unpaired) electrons. The van der Waals surface area contributed by atoms with Gasteiger partial charge in [-0.2, -0.15) is 0 Å². The van der Waals surface area contributed by atoms with Crippen LogP contribution in [0.15, 0.2) is 54.6 Å². The lowest BCUT2D eigenvalue weighted by Gasteiger charge is -2.39. The van der Waals surface area contributed by atoms with Crippen LogP contribution in [0.1, 0.15) is 17.2 Å². The van der Waals surface area contributed by atoms with Gasteiger partial charge in [0, 0.05) is 37.1 Å². The van der Waals surface area contributed by atoms with Gasteiger partial charge in [-0.3, -0.25) is 9.69 Å². The maximum absolute atomic E-state index is 12.3. The van der Waals surface area contributed by atoms with E-state index in [1.54, 1.807) is 0 Å². The summed E-state index contributed by atoms with van der Waals surface area (Å²) in [6.45, 7) is 3.51. The Balaban J connectivity index is 1.70. The van der Waals surface area contributed by atoms with Crippen molar-refractivity contribution in [2.45, 2.75) is 6.04 Å². The lowest BCUT2D eigenvalue weighted by molar-refractivity contribution is -0.137. The minimum Gasteiger partial charge on any atom is -0.370 e. The largest absolute Gasteiger partial charge is 0.370 e. The summed E-state index contributed by atoms with van der Waals surface area (Å²) in [7, 11) is 0. The van der Waals surface area contributed by atoms with Crippen LogP contribution >= 0.6 is 23.2 Å². The van der Waals surface area contributed by atoms with E-state index in [1.807, 2.05) is 23.1 Å². The summed E-state index contributed by atoms with van der Waals surface area (Å²) in [4.78, 5) is 16.5. The van der Waals surface area contributed by atoms with Crippen LogP contribution in [0, 0.1) is 0 Å². The first-order valence-corrected chi connectivity index (χ1v) is 10.1. The second-order valence-electron chi connectivity index (χ2n) is 6.52. The number of nitrogens with zero attached hydrogens (tertiary/aromatic N) is 2. The third kappa shape index (κ3) is 5.45. The van der Waals surface area contributed by atoms with Gasteiger partial charge in [-0.1, -0.05) is 54.1 Å². The van der Waals surface area contributed by atoms with Gasteiger partial charge in [0.05, 0.1) is 12.6 Å². The Morgan fingerprint density at radius 1 is 0.963 bits per heavy atom. The number of piperazine rings is 1. The third-order valence-electron chi connectivity index (χ3n) is 4.78. The highest BCUT2D eigenvalue weighted by Gasteiger charge is 2.28. The highest BCUT2D eigenvalue weighted by atomic mass is 35.5. The van der Waals surface area contributed by atoms with Gasteiger partial charge in [0.2, 0.25) is 5.91 Å². The van der Waals surface area contributed by atoms with Crippen molar-refractivity contribution in [1.82, 2.24) is 9.80 Å². The fourth-order valence-corrected chi connectivity index (χ4v) is 3.66. The SMILES string of the molecule is O=C(COCCCl)N1CCN([C@H](c2ccccc2)c2ccc(Cl)cc2)CC1. The Bertz CT molecular complexity index is 717. The molecule has 1 aliphatic rings. The predicted octanol–water partition coefficient (Wildman–Crippen LogP) is 3.83. The number of alkyl halides is 1. The van der Waals surface area contributed by atoms with Gasteiger partial charge in [0.1, 0.15) is 6.61 Å². The topological polar surface area (TPSA) is 32.8 Å². The molecule has 0 spiro atoms. The number of amides is 1. The molecule has 0 unspecified atom stereocenters. The fourth-order valence-electron chi connectivity index (χ4n) is 3.43. The van der Waals surface area contributed by atoms with E-state index in [-0.39, 0.29) is 18.6 Å². The van der Waals surface area contributed by atoms with Crippen molar-refractivity contribution in [3.63, 3.8) is 0 Å². The summed E-state index contributed by atoms with van der Waals surface area (Å²) in [5, 5.41) is 0.734. The van der Waals surface area contributed by atoms with E-state index in [1.165, 1.54) is 11.1 Å². The van der Waals surface area contributed by atoms with E-state index in [0.717, 1.165) is 18.1 Å². The predicted molar refractivity (Wildman–Crippen MR) is 109 cm³/mol. The average molecular weight is 407 g/mol. The first-order chi connectivity index (χ1) is 13.2. The zero-order chi connectivity index (χ0) is 19.1. The van der Waals surface area contributed by atoms with E-state index in [9.17, 15) is 4.79 Å². The van der Waals surface area contributed by atoms with Gasteiger partial charge < -0.3 is 9.64 Å². The van der Waals surface area contributed by atoms with Crippen LogP contribution in [0.2, 0.25) is 5.02 Å². The molecule has 144 valence electrons. The summed E-state index contributed by atoms with van der Waals surface area (Å²) in [5.74, 6) is 0.434. The monoisotopic (exact) mass is 406 g/mol. The zero-order valence-electron chi connectivity index (χ0n) is 15.2. The Kier molecular flexibility index (Phi) is 7.53. The second kappa shape index (κ2) is 10.1. The van der Waals surface area contributed by atoms with Crippen molar-refractivity contribution in [3.05, 3.63) is 70.7 Å². The van der Waals surface area contributed by atoms with Gasteiger partial charge in [-0.25, -0.2) is 0 Å². The highest BCUT2D eigenvalue weighted by molar-refractivity contribution is 6.30. The van der Waals surface area contributed by atoms with E-state index in [0.29, 0.717) is 25.6 Å². The van der Waals surface area contributed by atoms with E-state index >= 15 is 0 Å². The van der Waals surface area contributed by atoms with Crippen LogP contribution in [-0.2, 0) is 9.53 Å². The maximum atomic E-state index is 12.3. The molecule has 27 heavy (non-hydrogen) atoms. The first kappa shape index (κ1) is 20.2. The van der Waals surface area contributed by atoms with Crippen LogP contribution < -0.4 is 0 Å². The van der Waals surface area contributed by atoms with E-state index in [2.05, 4.69) is 41.3 Å². The number of ether oxygens (including phenoxy) is 1. The molecule has 1 saturated heterocycles. The molecule has 6 heteroatoms. The van der Waals surface area contributed by atoms with Crippen molar-refractivity contribution in [2.24, 2.45) is 0 Å². The summed E-state index contributed by atoms with van der Waals surface area (Å²) < 4.78 is 5.27. The molecule has 2 aromatic rings. The van der Waals surface area contributed by atoms with Crippen LogP contribution in [0.5, 0.6) is 0 Å². The molecule has 1 aliphatic heterocycles. The number of carbonyl (C=O) groups excluding carboxylic acids is 1. The maximum Gasteiger partial charge on any atom is 0.248 e. The fraction of sp³-hybridized carbons (Fsp3) is 0.381. The third-order valence-corrected chi connectivity index (χ3v) is 5.19. The number of rotatable bonds is 7. The molecule has 2 aromatic carbocycles. The number of halogens is 2. The van der Waals surface area contributed by atoms with Gasteiger partial charge in [0.15, 0.2) is 0 Å². The van der Waals surface area contributed by atoms with Crippen molar-refractivity contribution >= 4 is 29.1 Å². The highest BCUT2D eigenvalue weighted by Crippen LogP contribution is 2.30. The average Bonchev–Trinajstić information content (AvgIpc) is 2.71. The minimum atomic E-state index is 0.0301. The number of benzene rings is 2. The Morgan fingerprint density at radius 2 is 1.59 bits per heavy atom.